The molecule has 0 radical (unpaired) electrons. The Hall–Kier alpha value is -3.11. The molecule has 2 aromatic carbocycles. The Kier molecular flexibility index (Phi) is 6.23. The number of aromatic nitrogens is 3. The van der Waals surface area contributed by atoms with Gasteiger partial charge < -0.3 is 21.1 Å². The number of rotatable bonds is 8. The van der Waals surface area contributed by atoms with Gasteiger partial charge in [0, 0.05) is 18.5 Å². The number of benzene rings is 2. The van der Waals surface area contributed by atoms with Gasteiger partial charge in [-0.05, 0) is 23.6 Å². The van der Waals surface area contributed by atoms with Gasteiger partial charge in [-0.25, -0.2) is 0 Å². The van der Waals surface area contributed by atoms with Crippen molar-refractivity contribution in [2.45, 2.75) is 9.79 Å². The fourth-order valence-electron chi connectivity index (χ4n) is 2.72. The van der Waals surface area contributed by atoms with E-state index in [-0.39, 0.29) is 40.9 Å². The van der Waals surface area contributed by atoms with Crippen LogP contribution in [0.1, 0.15) is 0 Å². The maximum Gasteiger partial charge on any atom is 0.322 e. The predicted molar refractivity (Wildman–Crippen MR) is 111 cm³/mol. The molecule has 15 heteroatoms. The van der Waals surface area contributed by atoms with E-state index in [2.05, 4.69) is 25.6 Å². The first-order valence-electron chi connectivity index (χ1n) is 8.55. The lowest BCUT2D eigenvalue weighted by Gasteiger charge is -2.14. The Labute approximate surface area is 177 Å². The van der Waals surface area contributed by atoms with Crippen LogP contribution in [0.5, 0.6) is 6.01 Å². The summed E-state index contributed by atoms with van der Waals surface area (Å²) in [4.78, 5) is 11.1. The molecule has 31 heavy (non-hydrogen) atoms. The number of nitrogens with zero attached hydrogens (tertiary/aromatic N) is 3. The summed E-state index contributed by atoms with van der Waals surface area (Å²) < 4.78 is 71.3. The van der Waals surface area contributed by atoms with Crippen molar-refractivity contribution in [3.63, 3.8) is 0 Å². The highest BCUT2D eigenvalue weighted by Gasteiger charge is 2.21. The van der Waals surface area contributed by atoms with Crippen molar-refractivity contribution in [2.24, 2.45) is 5.73 Å². The lowest BCUT2D eigenvalue weighted by atomic mass is 10.1. The number of anilines is 3. The van der Waals surface area contributed by atoms with Gasteiger partial charge in [-0.1, -0.05) is 12.1 Å². The molecule has 0 atom stereocenters. The molecule has 166 valence electrons. The number of nitrogens with two attached hydrogens (primary N) is 1. The van der Waals surface area contributed by atoms with E-state index < -0.39 is 30.0 Å². The zero-order valence-corrected chi connectivity index (χ0v) is 17.6. The van der Waals surface area contributed by atoms with E-state index in [0.717, 1.165) is 18.2 Å². The molecule has 0 aliphatic rings. The molecule has 0 bridgehead atoms. The third-order valence-electron chi connectivity index (χ3n) is 3.96. The number of ether oxygens (including phenoxy) is 1. The van der Waals surface area contributed by atoms with Gasteiger partial charge in [0.15, 0.2) is 0 Å². The molecule has 0 saturated carbocycles. The quantitative estimate of drug-likeness (QED) is 0.287. The normalized spacial score (nSPS) is 12.0. The van der Waals surface area contributed by atoms with E-state index in [9.17, 15) is 25.9 Å². The van der Waals surface area contributed by atoms with Crippen molar-refractivity contribution in [1.29, 1.82) is 0 Å². The fourth-order valence-corrected chi connectivity index (χ4v) is 3.99. The Balaban J connectivity index is 2.25. The van der Waals surface area contributed by atoms with Crippen LogP contribution in [-0.4, -0.2) is 61.1 Å². The van der Waals surface area contributed by atoms with Gasteiger partial charge in [-0.3, -0.25) is 9.11 Å². The van der Waals surface area contributed by atoms with Gasteiger partial charge >= 0.3 is 6.01 Å². The van der Waals surface area contributed by atoms with E-state index in [0.29, 0.717) is 6.54 Å². The molecule has 0 unspecified atom stereocenters. The minimum Gasteiger partial charge on any atom is -0.467 e. The van der Waals surface area contributed by atoms with E-state index in [4.69, 9.17) is 10.5 Å². The largest absolute Gasteiger partial charge is 0.467 e. The number of methoxy groups -OCH3 is 1. The van der Waals surface area contributed by atoms with Crippen LogP contribution in [0, 0.1) is 0 Å². The van der Waals surface area contributed by atoms with Crippen molar-refractivity contribution < 1.29 is 30.7 Å². The monoisotopic (exact) mass is 470 g/mol. The van der Waals surface area contributed by atoms with Crippen molar-refractivity contribution in [3.8, 4) is 6.01 Å². The summed E-state index contributed by atoms with van der Waals surface area (Å²) >= 11 is 0. The molecule has 6 N–H and O–H groups in total. The summed E-state index contributed by atoms with van der Waals surface area (Å²) in [6, 6.07) is 5.80. The lowest BCUT2D eigenvalue weighted by Crippen LogP contribution is -2.16. The first-order chi connectivity index (χ1) is 14.5. The average molecular weight is 470 g/mol. The standard InChI is InChI=1S/C16H18N6O7S2/c1-29-16-21-14(18-6-5-17)20-15(22-16)19-11-8-10(30(23,24)25)7-9-3-2-4-12(13(9)11)31(26,27)28/h2-4,7-8H,5-6,17H2,1H3,(H,23,24,25)(H,26,27,28)(H2,18,19,20,21,22). The van der Waals surface area contributed by atoms with E-state index >= 15 is 0 Å². The van der Waals surface area contributed by atoms with E-state index in [1.54, 1.807) is 0 Å². The summed E-state index contributed by atoms with van der Waals surface area (Å²) in [5, 5.41) is 5.58. The fraction of sp³-hybridized carbons (Fsp3) is 0.188. The Bertz CT molecular complexity index is 1350. The Morgan fingerprint density at radius 1 is 1.03 bits per heavy atom. The van der Waals surface area contributed by atoms with Gasteiger partial charge in [0.25, 0.3) is 20.2 Å². The average Bonchev–Trinajstić information content (AvgIpc) is 2.70. The van der Waals surface area contributed by atoms with Crippen molar-refractivity contribution >= 4 is 48.6 Å². The van der Waals surface area contributed by atoms with Crippen LogP contribution in [0.25, 0.3) is 10.8 Å². The molecular formula is C16H18N6O7S2. The zero-order valence-electron chi connectivity index (χ0n) is 16.0. The van der Waals surface area contributed by atoms with Gasteiger partial charge in [-0.15, -0.1) is 0 Å². The lowest BCUT2D eigenvalue weighted by molar-refractivity contribution is 0.379. The van der Waals surface area contributed by atoms with E-state index in [1.807, 2.05) is 0 Å². The second kappa shape index (κ2) is 8.56. The van der Waals surface area contributed by atoms with Crippen molar-refractivity contribution in [2.75, 3.05) is 30.8 Å². The number of hydrogen-bond donors (Lipinski definition) is 5. The molecule has 1 aromatic heterocycles. The summed E-state index contributed by atoms with van der Waals surface area (Å²) in [7, 11) is -8.01. The number of nitrogens with one attached hydrogen (secondary N) is 2. The maximum absolute atomic E-state index is 11.9. The second-order valence-electron chi connectivity index (χ2n) is 6.09. The third kappa shape index (κ3) is 5.15. The number of hydrogen-bond acceptors (Lipinski definition) is 11. The maximum atomic E-state index is 11.9. The molecule has 13 nitrogen and oxygen atoms in total. The van der Waals surface area contributed by atoms with Crippen molar-refractivity contribution in [1.82, 2.24) is 15.0 Å². The molecule has 3 aromatic rings. The predicted octanol–water partition coefficient (Wildman–Crippen LogP) is 0.641. The van der Waals surface area contributed by atoms with E-state index in [1.165, 1.54) is 19.2 Å². The second-order valence-corrected chi connectivity index (χ2v) is 8.90. The minimum atomic E-state index is -4.68. The van der Waals surface area contributed by atoms with Crippen LogP contribution < -0.4 is 21.1 Å². The number of fused-ring (bicyclic) bond motifs is 1. The van der Waals surface area contributed by atoms with Gasteiger partial charge in [0.1, 0.15) is 4.90 Å². The highest BCUT2D eigenvalue weighted by Crippen LogP contribution is 2.34. The van der Waals surface area contributed by atoms with Crippen LogP contribution >= 0.6 is 0 Å². The smallest absolute Gasteiger partial charge is 0.322 e. The molecule has 0 aliphatic heterocycles. The topological polar surface area (TPSA) is 207 Å². The molecule has 0 aliphatic carbocycles. The molecule has 0 saturated heterocycles. The van der Waals surface area contributed by atoms with Gasteiger partial charge in [0.05, 0.1) is 17.7 Å². The molecule has 0 amide bonds. The van der Waals surface area contributed by atoms with Crippen LogP contribution in [0.2, 0.25) is 0 Å². The van der Waals surface area contributed by atoms with Crippen LogP contribution in [0.4, 0.5) is 17.6 Å². The summed E-state index contributed by atoms with van der Waals surface area (Å²) in [6.45, 7) is 0.621. The SMILES string of the molecule is COc1nc(NCCN)nc(Nc2cc(S(=O)(=O)O)cc3cccc(S(=O)(=O)O)c23)n1. The highest BCUT2D eigenvalue weighted by molar-refractivity contribution is 7.86. The van der Waals surface area contributed by atoms with Gasteiger partial charge in [-0.2, -0.15) is 31.8 Å². The highest BCUT2D eigenvalue weighted by atomic mass is 32.2. The summed E-state index contributed by atoms with van der Waals surface area (Å²) in [6.07, 6.45) is 0. The molecular weight excluding hydrogens is 452 g/mol. The Morgan fingerprint density at radius 2 is 1.74 bits per heavy atom. The molecule has 0 fully saturated rings. The molecule has 0 spiro atoms. The van der Waals surface area contributed by atoms with Crippen LogP contribution in [0.15, 0.2) is 40.1 Å². The van der Waals surface area contributed by atoms with Gasteiger partial charge in [0.2, 0.25) is 11.9 Å². The van der Waals surface area contributed by atoms with Crippen molar-refractivity contribution in [3.05, 3.63) is 30.3 Å². The first-order valence-corrected chi connectivity index (χ1v) is 11.4. The molecule has 3 rings (SSSR count). The zero-order chi connectivity index (χ0) is 22.8. The summed E-state index contributed by atoms with van der Waals surface area (Å²) in [5.41, 5.74) is 5.33. The minimum absolute atomic E-state index is 0.0479. The molecule has 1 heterocycles. The first kappa shape index (κ1) is 22.6. The van der Waals surface area contributed by atoms with Crippen LogP contribution in [-0.2, 0) is 20.2 Å². The Morgan fingerprint density at radius 3 is 2.35 bits per heavy atom. The third-order valence-corrected chi connectivity index (χ3v) is 5.69. The summed E-state index contributed by atoms with van der Waals surface area (Å²) in [5.74, 6) is -0.0460. The van der Waals surface area contributed by atoms with Crippen LogP contribution in [0.3, 0.4) is 0 Å².